The van der Waals surface area contributed by atoms with Gasteiger partial charge < -0.3 is 9.47 Å². The summed E-state index contributed by atoms with van der Waals surface area (Å²) in [6, 6.07) is 13.2. The average Bonchev–Trinajstić information content (AvgIpc) is 2.67. The van der Waals surface area contributed by atoms with Crippen LogP contribution in [-0.4, -0.2) is 6.61 Å². The second-order valence-corrected chi connectivity index (χ2v) is 6.37. The zero-order valence-corrected chi connectivity index (χ0v) is 15.6. The molecule has 0 saturated heterocycles. The molecule has 0 aliphatic rings. The number of aryl methyl sites for hydroxylation is 1. The number of hydrogen-bond donors (Lipinski definition) is 0. The zero-order chi connectivity index (χ0) is 20.1. The smallest absolute Gasteiger partial charge is 0.426 e. The lowest BCUT2D eigenvalue weighted by molar-refractivity contribution is -0.185. The number of halogens is 3. The summed E-state index contributed by atoms with van der Waals surface area (Å²) in [5, 5.41) is 1.13. The van der Waals surface area contributed by atoms with E-state index in [1.807, 2.05) is 0 Å². The third kappa shape index (κ3) is 4.47. The maximum Gasteiger partial charge on any atom is 0.426 e. The molecule has 0 amide bonds. The Hall–Kier alpha value is -2.95. The Morgan fingerprint density at radius 1 is 1.00 bits per heavy atom. The fraction of sp³-hybridized carbons (Fsp3) is 0.217. The van der Waals surface area contributed by atoms with Crippen molar-refractivity contribution in [1.29, 1.82) is 0 Å². The molecule has 146 valence electrons. The van der Waals surface area contributed by atoms with Gasteiger partial charge in [-0.25, -0.2) is 4.39 Å². The van der Waals surface area contributed by atoms with Crippen LogP contribution in [-0.2, 0) is 12.5 Å². The molecule has 0 aliphatic carbocycles. The van der Waals surface area contributed by atoms with E-state index in [1.54, 1.807) is 31.2 Å². The average molecular weight is 386 g/mol. The van der Waals surface area contributed by atoms with Gasteiger partial charge in [0.05, 0.1) is 12.2 Å². The van der Waals surface area contributed by atoms with Crippen molar-refractivity contribution in [2.75, 3.05) is 6.61 Å². The predicted octanol–water partition coefficient (Wildman–Crippen LogP) is 6.62. The lowest BCUT2D eigenvalue weighted by atomic mass is 10.1. The summed E-state index contributed by atoms with van der Waals surface area (Å²) in [7, 11) is 0. The summed E-state index contributed by atoms with van der Waals surface area (Å²) in [5.74, 6) is -0.462. The molecule has 3 aromatic rings. The lowest BCUT2D eigenvalue weighted by Gasteiger charge is -2.19. The topological polar surface area (TPSA) is 18.5 Å². The molecule has 0 bridgehead atoms. The van der Waals surface area contributed by atoms with Crippen molar-refractivity contribution in [3.8, 4) is 11.5 Å². The summed E-state index contributed by atoms with van der Waals surface area (Å²) in [6.07, 6.45) is -0.193. The van der Waals surface area contributed by atoms with Gasteiger partial charge in [-0.15, -0.1) is 6.58 Å². The highest BCUT2D eigenvalue weighted by atomic mass is 19.3. The molecule has 28 heavy (non-hydrogen) atoms. The first-order chi connectivity index (χ1) is 13.4. The predicted molar refractivity (Wildman–Crippen MR) is 105 cm³/mol. The molecular weight excluding hydrogens is 365 g/mol. The van der Waals surface area contributed by atoms with Crippen LogP contribution in [0.25, 0.3) is 10.8 Å². The highest BCUT2D eigenvalue weighted by molar-refractivity contribution is 5.85. The van der Waals surface area contributed by atoms with Crippen molar-refractivity contribution in [3.63, 3.8) is 0 Å². The third-order valence-corrected chi connectivity index (χ3v) is 4.34. The maximum absolute atomic E-state index is 14.5. The van der Waals surface area contributed by atoms with Crippen LogP contribution in [0.4, 0.5) is 13.2 Å². The zero-order valence-electron chi connectivity index (χ0n) is 15.6. The molecule has 0 N–H and O–H groups in total. The molecule has 5 heteroatoms. The van der Waals surface area contributed by atoms with Gasteiger partial charge in [-0.3, -0.25) is 0 Å². The molecule has 3 aromatic carbocycles. The molecule has 0 unspecified atom stereocenters. The monoisotopic (exact) mass is 386 g/mol. The van der Waals surface area contributed by atoms with E-state index < -0.39 is 11.9 Å². The van der Waals surface area contributed by atoms with Crippen LogP contribution in [0.5, 0.6) is 11.5 Å². The summed E-state index contributed by atoms with van der Waals surface area (Å²) in [6.45, 7) is 5.74. The van der Waals surface area contributed by atoms with Gasteiger partial charge in [-0.05, 0) is 72.5 Å². The molecule has 3 rings (SSSR count). The molecule has 0 fully saturated rings. The molecule has 0 spiro atoms. The normalized spacial score (nSPS) is 11.4. The molecule has 2 nitrogen and oxygen atoms in total. The summed E-state index contributed by atoms with van der Waals surface area (Å²) < 4.78 is 53.3. The number of fused-ring (bicyclic) bond motifs is 1. The van der Waals surface area contributed by atoms with Gasteiger partial charge in [0, 0.05) is 0 Å². The van der Waals surface area contributed by atoms with E-state index in [0.717, 1.165) is 18.4 Å². The van der Waals surface area contributed by atoms with Crippen molar-refractivity contribution >= 4 is 10.8 Å². The lowest BCUT2D eigenvalue weighted by Crippen LogP contribution is -2.21. The van der Waals surface area contributed by atoms with E-state index in [-0.39, 0.29) is 17.1 Å². The highest BCUT2D eigenvalue weighted by Gasteiger charge is 2.34. The fourth-order valence-corrected chi connectivity index (χ4v) is 2.90. The van der Waals surface area contributed by atoms with E-state index in [9.17, 15) is 13.2 Å². The van der Waals surface area contributed by atoms with Crippen LogP contribution < -0.4 is 9.47 Å². The standard InChI is InChI=1S/C23H21F3O2/c1-3-5-6-16-7-10-19(11-8-16)23(25,26)28-20-12-9-17-15-22(27-4-2)21(24)14-18(17)13-20/h3,7-15H,1,4-6H2,2H3. The second-order valence-electron chi connectivity index (χ2n) is 6.37. The Kier molecular flexibility index (Phi) is 5.93. The van der Waals surface area contributed by atoms with E-state index in [4.69, 9.17) is 9.47 Å². The minimum absolute atomic E-state index is 0.0446. The largest absolute Gasteiger partial charge is 0.491 e. The third-order valence-electron chi connectivity index (χ3n) is 4.34. The molecule has 0 aromatic heterocycles. The minimum Gasteiger partial charge on any atom is -0.491 e. The number of alkyl halides is 2. The number of benzene rings is 3. The van der Waals surface area contributed by atoms with E-state index in [1.165, 1.54) is 36.4 Å². The molecule has 0 saturated carbocycles. The Balaban J connectivity index is 1.82. The second kappa shape index (κ2) is 8.38. The summed E-state index contributed by atoms with van der Waals surface area (Å²) >= 11 is 0. The number of ether oxygens (including phenoxy) is 2. The summed E-state index contributed by atoms with van der Waals surface area (Å²) in [4.78, 5) is 0. The van der Waals surface area contributed by atoms with Gasteiger partial charge in [0.1, 0.15) is 5.75 Å². The Morgan fingerprint density at radius 2 is 1.75 bits per heavy atom. The Labute approximate surface area is 162 Å². The van der Waals surface area contributed by atoms with Gasteiger partial charge in [0.15, 0.2) is 11.6 Å². The quantitative estimate of drug-likeness (QED) is 0.405. The number of hydrogen-bond acceptors (Lipinski definition) is 2. The van der Waals surface area contributed by atoms with Crippen LogP contribution in [0, 0.1) is 5.82 Å². The van der Waals surface area contributed by atoms with Gasteiger partial charge in [0.2, 0.25) is 0 Å². The molecular formula is C23H21F3O2. The van der Waals surface area contributed by atoms with Gasteiger partial charge in [0.25, 0.3) is 0 Å². The van der Waals surface area contributed by atoms with Crippen LogP contribution in [0.2, 0.25) is 0 Å². The van der Waals surface area contributed by atoms with E-state index in [2.05, 4.69) is 6.58 Å². The number of rotatable bonds is 8. The van der Waals surface area contributed by atoms with Gasteiger partial charge in [-0.2, -0.15) is 8.78 Å². The Morgan fingerprint density at radius 3 is 2.43 bits per heavy atom. The molecule has 0 radical (unpaired) electrons. The first kappa shape index (κ1) is 19.8. The summed E-state index contributed by atoms with van der Waals surface area (Å²) in [5.41, 5.74) is 0.707. The van der Waals surface area contributed by atoms with Crippen molar-refractivity contribution < 1.29 is 22.6 Å². The maximum atomic E-state index is 14.5. The van der Waals surface area contributed by atoms with Gasteiger partial charge in [-0.1, -0.05) is 24.3 Å². The molecule has 0 atom stereocenters. The van der Waals surface area contributed by atoms with Crippen molar-refractivity contribution in [2.45, 2.75) is 25.9 Å². The van der Waals surface area contributed by atoms with E-state index in [0.29, 0.717) is 17.4 Å². The van der Waals surface area contributed by atoms with Gasteiger partial charge >= 0.3 is 6.11 Å². The SMILES string of the molecule is C=CCCc1ccc(C(F)(F)Oc2ccc3cc(OCC)c(F)cc3c2)cc1. The minimum atomic E-state index is -3.51. The first-order valence-electron chi connectivity index (χ1n) is 9.06. The van der Waals surface area contributed by atoms with E-state index >= 15 is 0 Å². The van der Waals surface area contributed by atoms with Crippen LogP contribution >= 0.6 is 0 Å². The fourth-order valence-electron chi connectivity index (χ4n) is 2.90. The van der Waals surface area contributed by atoms with Crippen molar-refractivity contribution in [3.05, 3.63) is 84.2 Å². The first-order valence-corrected chi connectivity index (χ1v) is 9.06. The Bertz CT molecular complexity index is 965. The number of allylic oxidation sites excluding steroid dienone is 1. The van der Waals surface area contributed by atoms with Crippen molar-refractivity contribution in [2.24, 2.45) is 0 Å². The van der Waals surface area contributed by atoms with Crippen LogP contribution in [0.3, 0.4) is 0 Å². The molecule has 0 aliphatic heterocycles. The highest BCUT2D eigenvalue weighted by Crippen LogP contribution is 2.34. The van der Waals surface area contributed by atoms with Crippen LogP contribution in [0.1, 0.15) is 24.5 Å². The molecule has 0 heterocycles. The van der Waals surface area contributed by atoms with Crippen molar-refractivity contribution in [1.82, 2.24) is 0 Å². The van der Waals surface area contributed by atoms with Crippen LogP contribution in [0.15, 0.2) is 67.3 Å².